The second kappa shape index (κ2) is 5.04. The van der Waals surface area contributed by atoms with Crippen molar-refractivity contribution in [2.45, 2.75) is 19.8 Å². The van der Waals surface area contributed by atoms with E-state index in [9.17, 15) is 4.39 Å². The van der Waals surface area contributed by atoms with Crippen LogP contribution >= 0.6 is 11.6 Å². The lowest BCUT2D eigenvalue weighted by molar-refractivity contribution is 0.618. The van der Waals surface area contributed by atoms with Gasteiger partial charge in [-0.1, -0.05) is 31.0 Å². The van der Waals surface area contributed by atoms with E-state index in [4.69, 9.17) is 17.3 Å². The Bertz CT molecular complexity index is 800. The van der Waals surface area contributed by atoms with Crippen molar-refractivity contribution in [2.75, 3.05) is 5.73 Å². The lowest BCUT2D eigenvalue weighted by atomic mass is 10.2. The number of aromatic nitrogens is 4. The third-order valence-corrected chi connectivity index (χ3v) is 3.68. The maximum Gasteiger partial charge on any atom is 0.207 e. The molecule has 0 saturated carbocycles. The number of benzene rings is 1. The summed E-state index contributed by atoms with van der Waals surface area (Å²) in [7, 11) is 1.79. The first-order valence-electron chi connectivity index (χ1n) is 6.68. The summed E-state index contributed by atoms with van der Waals surface area (Å²) < 4.78 is 17.4. The van der Waals surface area contributed by atoms with E-state index in [1.165, 1.54) is 10.6 Å². The molecule has 0 unspecified atom stereocenters. The van der Waals surface area contributed by atoms with Crippen LogP contribution in [-0.4, -0.2) is 19.3 Å². The molecule has 0 radical (unpaired) electrons. The van der Waals surface area contributed by atoms with Crippen LogP contribution in [-0.2, 0) is 13.5 Å². The molecule has 0 aliphatic rings. The number of rotatable bonds is 3. The zero-order valence-electron chi connectivity index (χ0n) is 11.8. The molecule has 0 bridgehead atoms. The number of hydrogen-bond donors (Lipinski definition) is 1. The van der Waals surface area contributed by atoms with E-state index in [2.05, 4.69) is 17.0 Å². The van der Waals surface area contributed by atoms with Crippen LogP contribution in [0.25, 0.3) is 16.9 Å². The van der Waals surface area contributed by atoms with Gasteiger partial charge in [0.25, 0.3) is 0 Å². The van der Waals surface area contributed by atoms with Gasteiger partial charge in [0.15, 0.2) is 5.65 Å². The molecule has 2 aromatic heterocycles. The van der Waals surface area contributed by atoms with E-state index < -0.39 is 5.82 Å². The minimum Gasteiger partial charge on any atom is -0.369 e. The van der Waals surface area contributed by atoms with Crippen LogP contribution in [0.1, 0.15) is 19.0 Å². The van der Waals surface area contributed by atoms with E-state index in [1.54, 1.807) is 23.9 Å². The second-order valence-corrected chi connectivity index (χ2v) is 5.28. The van der Waals surface area contributed by atoms with E-state index >= 15 is 0 Å². The van der Waals surface area contributed by atoms with E-state index in [0.717, 1.165) is 18.5 Å². The molecule has 7 heteroatoms. The molecule has 0 atom stereocenters. The summed E-state index contributed by atoms with van der Waals surface area (Å²) in [5.41, 5.74) is 8.37. The van der Waals surface area contributed by atoms with Gasteiger partial charge in [0.2, 0.25) is 5.95 Å². The smallest absolute Gasteiger partial charge is 0.207 e. The average molecular weight is 308 g/mol. The summed E-state index contributed by atoms with van der Waals surface area (Å²) in [5.74, 6) is -0.255. The molecule has 0 fully saturated rings. The summed E-state index contributed by atoms with van der Waals surface area (Å²) in [6.07, 6.45) is 1.73. The molecule has 1 aromatic carbocycles. The summed E-state index contributed by atoms with van der Waals surface area (Å²) in [5, 5.41) is 4.72. The molecule has 2 heterocycles. The maximum atomic E-state index is 14.2. The monoisotopic (exact) mass is 307 g/mol. The maximum absolute atomic E-state index is 14.2. The first-order chi connectivity index (χ1) is 10.0. The van der Waals surface area contributed by atoms with Crippen molar-refractivity contribution in [1.82, 2.24) is 19.3 Å². The molecular formula is C14H15ClFN5. The molecule has 0 amide bonds. The van der Waals surface area contributed by atoms with Crippen LogP contribution in [0, 0.1) is 5.82 Å². The molecule has 2 N–H and O–H groups in total. The number of para-hydroxylation sites is 1. The Morgan fingerprint density at radius 3 is 2.81 bits per heavy atom. The minimum absolute atomic E-state index is 0.197. The number of nitrogens with zero attached hydrogens (tertiary/aromatic N) is 4. The Labute approximate surface area is 126 Å². The van der Waals surface area contributed by atoms with E-state index in [0.29, 0.717) is 11.2 Å². The normalized spacial score (nSPS) is 11.4. The van der Waals surface area contributed by atoms with Gasteiger partial charge in [0.1, 0.15) is 17.0 Å². The van der Waals surface area contributed by atoms with Crippen molar-refractivity contribution in [3.63, 3.8) is 0 Å². The number of fused-ring (bicyclic) bond motifs is 1. The molecule has 21 heavy (non-hydrogen) atoms. The van der Waals surface area contributed by atoms with E-state index in [-0.39, 0.29) is 16.7 Å². The third-order valence-electron chi connectivity index (χ3n) is 3.38. The zero-order chi connectivity index (χ0) is 15.1. The fourth-order valence-corrected chi connectivity index (χ4v) is 2.77. The minimum atomic E-state index is -0.452. The highest BCUT2D eigenvalue weighted by molar-refractivity contribution is 6.32. The second-order valence-electron chi connectivity index (χ2n) is 4.87. The Morgan fingerprint density at radius 2 is 2.14 bits per heavy atom. The molecule has 3 rings (SSSR count). The predicted molar refractivity (Wildman–Crippen MR) is 81.2 cm³/mol. The fraction of sp³-hybridized carbons (Fsp3) is 0.286. The van der Waals surface area contributed by atoms with Gasteiger partial charge >= 0.3 is 0 Å². The van der Waals surface area contributed by atoms with Crippen LogP contribution in [0.5, 0.6) is 0 Å². The van der Waals surface area contributed by atoms with Crippen LogP contribution < -0.4 is 5.73 Å². The standard InChI is InChI=1S/C14H15ClFN5/c1-3-5-10-11-13(20(2)19-10)21(14(17)18-11)12-8(15)6-4-7-9(12)16/h4,6-7H,3,5H2,1-2H3,(H2,17,18). The van der Waals surface area contributed by atoms with Crippen molar-refractivity contribution >= 4 is 28.7 Å². The Hall–Kier alpha value is -2.08. The number of anilines is 1. The first kappa shape index (κ1) is 13.9. The van der Waals surface area contributed by atoms with E-state index in [1.807, 2.05) is 0 Å². The predicted octanol–water partition coefficient (Wildman–Crippen LogP) is 3.09. The van der Waals surface area contributed by atoms with Crippen molar-refractivity contribution in [1.29, 1.82) is 0 Å². The van der Waals surface area contributed by atoms with Crippen molar-refractivity contribution < 1.29 is 4.39 Å². The number of hydrogen-bond acceptors (Lipinski definition) is 3. The zero-order valence-corrected chi connectivity index (χ0v) is 12.5. The van der Waals surface area contributed by atoms with Crippen LogP contribution in [0.4, 0.5) is 10.3 Å². The van der Waals surface area contributed by atoms with Crippen molar-refractivity contribution in [3.05, 3.63) is 34.7 Å². The van der Waals surface area contributed by atoms with Gasteiger partial charge in [-0.05, 0) is 18.6 Å². The lowest BCUT2D eigenvalue weighted by Crippen LogP contribution is -2.07. The number of halogens is 2. The van der Waals surface area contributed by atoms with Crippen molar-refractivity contribution in [3.8, 4) is 5.69 Å². The molecule has 110 valence electrons. The Kier molecular flexibility index (Phi) is 3.33. The number of imidazole rings is 1. The van der Waals surface area contributed by atoms with Crippen LogP contribution in [0.15, 0.2) is 18.2 Å². The molecular weight excluding hydrogens is 293 g/mol. The largest absolute Gasteiger partial charge is 0.369 e. The van der Waals surface area contributed by atoms with Gasteiger partial charge in [-0.2, -0.15) is 5.10 Å². The summed E-state index contributed by atoms with van der Waals surface area (Å²) in [6, 6.07) is 4.52. The molecule has 3 aromatic rings. The average Bonchev–Trinajstić information content (AvgIpc) is 2.90. The Balaban J connectivity index is 2.36. The van der Waals surface area contributed by atoms with Gasteiger partial charge in [-0.25, -0.2) is 14.1 Å². The third kappa shape index (κ3) is 2.06. The van der Waals surface area contributed by atoms with Crippen LogP contribution in [0.2, 0.25) is 5.02 Å². The summed E-state index contributed by atoms with van der Waals surface area (Å²) >= 11 is 6.14. The molecule has 5 nitrogen and oxygen atoms in total. The number of aryl methyl sites for hydroxylation is 2. The highest BCUT2D eigenvalue weighted by Crippen LogP contribution is 2.31. The van der Waals surface area contributed by atoms with Crippen molar-refractivity contribution in [2.24, 2.45) is 7.05 Å². The van der Waals surface area contributed by atoms with Gasteiger partial charge in [0.05, 0.1) is 10.7 Å². The van der Waals surface area contributed by atoms with Crippen LogP contribution in [0.3, 0.4) is 0 Å². The first-order valence-corrected chi connectivity index (χ1v) is 7.06. The quantitative estimate of drug-likeness (QED) is 0.809. The highest BCUT2D eigenvalue weighted by atomic mass is 35.5. The molecule has 0 saturated heterocycles. The highest BCUT2D eigenvalue weighted by Gasteiger charge is 2.21. The number of nitrogens with two attached hydrogens (primary N) is 1. The van der Waals surface area contributed by atoms with Gasteiger partial charge in [0, 0.05) is 7.05 Å². The molecule has 0 aliphatic heterocycles. The topological polar surface area (TPSA) is 61.7 Å². The van der Waals surface area contributed by atoms with Gasteiger partial charge in [-0.15, -0.1) is 0 Å². The van der Waals surface area contributed by atoms with Gasteiger partial charge < -0.3 is 5.73 Å². The molecule has 0 spiro atoms. The lowest BCUT2D eigenvalue weighted by Gasteiger charge is -2.09. The SMILES string of the molecule is CCCc1nn(C)c2c1nc(N)n2-c1c(F)cccc1Cl. The molecule has 0 aliphatic carbocycles. The summed E-state index contributed by atoms with van der Waals surface area (Å²) in [4.78, 5) is 4.34. The Morgan fingerprint density at radius 1 is 1.38 bits per heavy atom. The number of nitrogen functional groups attached to an aromatic ring is 1. The summed E-state index contributed by atoms with van der Waals surface area (Å²) in [6.45, 7) is 2.06. The fourth-order valence-electron chi connectivity index (χ4n) is 2.52. The van der Waals surface area contributed by atoms with Gasteiger partial charge in [-0.3, -0.25) is 4.57 Å².